The van der Waals surface area contributed by atoms with Crippen LogP contribution in [0.15, 0.2) is 36.5 Å². The molecule has 6 N–H and O–H groups in total. The lowest BCUT2D eigenvalue weighted by atomic mass is 9.85. The Bertz CT molecular complexity index is 1290. The topological polar surface area (TPSA) is 222 Å². The van der Waals surface area contributed by atoms with Gasteiger partial charge in [0.15, 0.2) is 6.10 Å². The van der Waals surface area contributed by atoms with Crippen LogP contribution in [0.25, 0.3) is 0 Å². The second kappa shape index (κ2) is 34.4. The molecule has 1 heterocycles. The number of phosphoric acid groups is 1. The lowest BCUT2D eigenvalue weighted by Crippen LogP contribution is -2.64. The molecule has 10 atom stereocenters. The van der Waals surface area contributed by atoms with Crippen molar-refractivity contribution < 1.29 is 67.8 Å². The van der Waals surface area contributed by atoms with E-state index >= 15 is 0 Å². The Kier molecular flexibility index (Phi) is 31.1. The average molecular weight is 903 g/mol. The van der Waals surface area contributed by atoms with Gasteiger partial charge in [0.05, 0.1) is 18.8 Å². The minimum absolute atomic E-state index is 0.0856. The highest BCUT2D eigenvalue weighted by Crippen LogP contribution is 2.47. The Morgan fingerprint density at radius 1 is 0.581 bits per heavy atom. The van der Waals surface area contributed by atoms with Crippen LogP contribution >= 0.6 is 7.82 Å². The number of esters is 2. The van der Waals surface area contributed by atoms with Crippen LogP contribution < -0.4 is 0 Å². The molecule has 0 bridgehead atoms. The van der Waals surface area contributed by atoms with E-state index in [0.29, 0.717) is 31.5 Å². The predicted molar refractivity (Wildman–Crippen MR) is 239 cm³/mol. The van der Waals surface area contributed by atoms with Gasteiger partial charge in [0.1, 0.15) is 43.2 Å². The summed E-state index contributed by atoms with van der Waals surface area (Å²) < 4.78 is 39.2. The summed E-state index contributed by atoms with van der Waals surface area (Å²) in [5.41, 5.74) is 0. The molecular weight excluding hydrogens is 819 g/mol. The third-order valence-electron chi connectivity index (χ3n) is 11.4. The monoisotopic (exact) mass is 903 g/mol. The Balaban J connectivity index is 1.71. The maximum atomic E-state index is 12.8. The number of aliphatic hydroxyl groups is 5. The highest BCUT2D eigenvalue weighted by molar-refractivity contribution is 7.47. The predicted octanol–water partition coefficient (Wildman–Crippen LogP) is 8.38. The van der Waals surface area contributed by atoms with Crippen LogP contribution in [0.4, 0.5) is 0 Å². The molecule has 15 heteroatoms. The quantitative estimate of drug-likeness (QED) is 0.0113. The zero-order chi connectivity index (χ0) is 45.4. The van der Waals surface area contributed by atoms with Crippen LogP contribution in [-0.4, -0.2) is 111 Å². The van der Waals surface area contributed by atoms with Crippen molar-refractivity contribution in [1.29, 1.82) is 0 Å². The Hall–Kier alpha value is -1.97. The summed E-state index contributed by atoms with van der Waals surface area (Å²) in [5.74, 6) is -1.17. The lowest BCUT2D eigenvalue weighted by molar-refractivity contribution is -0.220. The normalized spacial score (nSPS) is 25.4. The lowest BCUT2D eigenvalue weighted by Gasteiger charge is -2.41. The zero-order valence-electron chi connectivity index (χ0n) is 37.9. The van der Waals surface area contributed by atoms with E-state index in [1.165, 1.54) is 83.5 Å². The van der Waals surface area contributed by atoms with E-state index < -0.39 is 75.7 Å². The number of carbonyl (C=O) groups is 2. The van der Waals surface area contributed by atoms with Crippen molar-refractivity contribution in [1.82, 2.24) is 0 Å². The van der Waals surface area contributed by atoms with Crippen molar-refractivity contribution in [3.8, 4) is 0 Å². The van der Waals surface area contributed by atoms with Gasteiger partial charge in [-0.2, -0.15) is 0 Å². The van der Waals surface area contributed by atoms with Crippen LogP contribution in [0.2, 0.25) is 0 Å². The number of epoxide rings is 1. The van der Waals surface area contributed by atoms with Gasteiger partial charge in [-0.05, 0) is 44.9 Å². The molecular formula is C47H83O14P. The van der Waals surface area contributed by atoms with Crippen molar-refractivity contribution in [3.05, 3.63) is 36.5 Å². The van der Waals surface area contributed by atoms with Gasteiger partial charge in [0.25, 0.3) is 0 Å². The summed E-state index contributed by atoms with van der Waals surface area (Å²) in [6.07, 6.45) is 26.6. The minimum atomic E-state index is -5.13. The van der Waals surface area contributed by atoms with Crippen molar-refractivity contribution >= 4 is 19.8 Å². The minimum Gasteiger partial charge on any atom is -0.462 e. The number of unbranched alkanes of at least 4 members (excludes halogenated alkanes) is 17. The molecule has 1 aliphatic heterocycles. The van der Waals surface area contributed by atoms with Crippen molar-refractivity contribution in [2.75, 3.05) is 13.2 Å². The van der Waals surface area contributed by atoms with Gasteiger partial charge < -0.3 is 44.6 Å². The number of ether oxygens (including phenoxy) is 3. The second-order valence-corrected chi connectivity index (χ2v) is 18.4. The molecule has 0 spiro atoms. The van der Waals surface area contributed by atoms with E-state index in [2.05, 4.69) is 38.2 Å². The smallest absolute Gasteiger partial charge is 0.462 e. The van der Waals surface area contributed by atoms with E-state index in [9.17, 15) is 44.6 Å². The molecule has 5 unspecified atom stereocenters. The van der Waals surface area contributed by atoms with E-state index in [0.717, 1.165) is 51.4 Å². The number of allylic oxidation sites excluding steroid dienone is 5. The van der Waals surface area contributed by atoms with Gasteiger partial charge in [-0.3, -0.25) is 18.6 Å². The van der Waals surface area contributed by atoms with Crippen molar-refractivity contribution in [3.63, 3.8) is 0 Å². The zero-order valence-corrected chi connectivity index (χ0v) is 38.8. The molecule has 0 amide bonds. The van der Waals surface area contributed by atoms with E-state index in [1.54, 1.807) is 0 Å². The van der Waals surface area contributed by atoms with Crippen molar-refractivity contribution in [2.24, 2.45) is 0 Å². The highest BCUT2D eigenvalue weighted by atomic mass is 31.2. The van der Waals surface area contributed by atoms with Gasteiger partial charge in [-0.15, -0.1) is 0 Å². The number of rotatable bonds is 38. The van der Waals surface area contributed by atoms with Crippen LogP contribution in [0.1, 0.15) is 181 Å². The summed E-state index contributed by atoms with van der Waals surface area (Å²) in [6.45, 7) is 3.22. The summed E-state index contributed by atoms with van der Waals surface area (Å²) in [4.78, 5) is 35.7. The Morgan fingerprint density at radius 3 is 1.65 bits per heavy atom. The summed E-state index contributed by atoms with van der Waals surface area (Å²) in [5, 5.41) is 50.2. The highest BCUT2D eigenvalue weighted by Gasteiger charge is 2.51. The third kappa shape index (κ3) is 26.1. The standard InChI is InChI=1S/C47H83O14P/c1-3-5-7-8-9-10-11-12-13-14-15-20-23-26-30-34-41(49)59-37(36-58-62(55,56)61-47-45(53)43(51)42(50)44(52)46(47)54)35-57-40(48)33-29-25-22-19-17-16-18-21-24-28-32-39-38(60-39)31-27-6-4-2/h16,18-19,22,24,28,37-39,42-47,50-54H,3-15,17,20-21,23,25-27,29-36H2,1-2H3,(H,55,56)/b18-16-,22-19-,28-24-/t37-,38?,39?,42?,43-,44+,45-,46-,47?/m1/s1. The van der Waals surface area contributed by atoms with E-state index in [4.69, 9.17) is 23.3 Å². The molecule has 1 aliphatic carbocycles. The van der Waals surface area contributed by atoms with Gasteiger partial charge in [-0.25, -0.2) is 4.57 Å². The maximum Gasteiger partial charge on any atom is 0.472 e. The molecule has 14 nitrogen and oxygen atoms in total. The molecule has 0 aromatic heterocycles. The summed E-state index contributed by atoms with van der Waals surface area (Å²) in [6, 6.07) is 0. The van der Waals surface area contributed by atoms with Crippen LogP contribution in [0.5, 0.6) is 0 Å². The van der Waals surface area contributed by atoms with Crippen molar-refractivity contribution in [2.45, 2.75) is 236 Å². The largest absolute Gasteiger partial charge is 0.472 e. The van der Waals surface area contributed by atoms with Crippen LogP contribution in [0, 0.1) is 0 Å². The first-order chi connectivity index (χ1) is 29.9. The van der Waals surface area contributed by atoms with Crippen LogP contribution in [-0.2, 0) is 37.4 Å². The number of aliphatic hydroxyl groups excluding tert-OH is 5. The first-order valence-corrected chi connectivity index (χ1v) is 25.4. The fourth-order valence-corrected chi connectivity index (χ4v) is 8.41. The molecule has 2 fully saturated rings. The molecule has 62 heavy (non-hydrogen) atoms. The maximum absolute atomic E-state index is 12.8. The van der Waals surface area contributed by atoms with Gasteiger partial charge in [0.2, 0.25) is 0 Å². The first kappa shape index (κ1) is 56.2. The van der Waals surface area contributed by atoms with Gasteiger partial charge in [0, 0.05) is 12.8 Å². The molecule has 2 aliphatic rings. The SMILES string of the molecule is CCCCCCCCCCCCCCCCCC(=O)O[C@H](COC(=O)CCC/C=C\C/C=C\C/C=C\CC1OC1CCCCC)COP(=O)(O)OC1[C@H](O)[C@H](O)C(O)[C@H](O)[C@H]1O. The number of hydrogen-bond donors (Lipinski definition) is 6. The summed E-state index contributed by atoms with van der Waals surface area (Å²) in [7, 11) is -5.13. The van der Waals surface area contributed by atoms with E-state index in [-0.39, 0.29) is 12.8 Å². The molecule has 1 saturated heterocycles. The molecule has 0 aromatic rings. The van der Waals surface area contributed by atoms with Crippen LogP contribution in [0.3, 0.4) is 0 Å². The fraction of sp³-hybridized carbons (Fsp3) is 0.830. The first-order valence-electron chi connectivity index (χ1n) is 23.9. The molecule has 0 aromatic carbocycles. The molecule has 360 valence electrons. The van der Waals surface area contributed by atoms with Gasteiger partial charge >= 0.3 is 19.8 Å². The molecule has 1 saturated carbocycles. The number of carbonyl (C=O) groups excluding carboxylic acids is 2. The average Bonchev–Trinajstić information content (AvgIpc) is 4.01. The Labute approximate surface area is 372 Å². The fourth-order valence-electron chi connectivity index (χ4n) is 7.43. The Morgan fingerprint density at radius 2 is 1.06 bits per heavy atom. The molecule has 0 radical (unpaired) electrons. The second-order valence-electron chi connectivity index (χ2n) is 17.0. The van der Waals surface area contributed by atoms with Gasteiger partial charge in [-0.1, -0.05) is 159 Å². The third-order valence-corrected chi connectivity index (χ3v) is 12.4. The number of hydrogen-bond acceptors (Lipinski definition) is 13. The number of phosphoric ester groups is 1. The molecule has 2 rings (SSSR count). The van der Waals surface area contributed by atoms with E-state index in [1.807, 2.05) is 12.2 Å². The summed E-state index contributed by atoms with van der Waals surface area (Å²) >= 11 is 0.